The molecule has 0 bridgehead atoms. The van der Waals surface area contributed by atoms with Crippen molar-refractivity contribution in [2.75, 3.05) is 11.9 Å². The third-order valence-electron chi connectivity index (χ3n) is 5.40. The van der Waals surface area contributed by atoms with Gasteiger partial charge in [-0.05, 0) is 43.0 Å². The van der Waals surface area contributed by atoms with Crippen molar-refractivity contribution < 1.29 is 14.1 Å². The highest BCUT2D eigenvalue weighted by atomic mass is 32.1. The topological polar surface area (TPSA) is 88.3 Å². The smallest absolute Gasteiger partial charge is 0.232 e. The van der Waals surface area contributed by atoms with Crippen LogP contribution in [0, 0.1) is 19.8 Å². The molecule has 1 aliphatic rings. The number of benzene rings is 1. The minimum Gasteiger partial charge on any atom is -0.356 e. The monoisotopic (exact) mass is 426 g/mol. The van der Waals surface area contributed by atoms with Gasteiger partial charge in [-0.3, -0.25) is 9.59 Å². The van der Waals surface area contributed by atoms with Gasteiger partial charge in [0, 0.05) is 29.6 Å². The fraction of sp³-hybridized carbons (Fsp3) is 0.455. The number of amides is 2. The predicted octanol–water partition coefficient (Wildman–Crippen LogP) is 4.01. The summed E-state index contributed by atoms with van der Waals surface area (Å²) in [4.78, 5) is 32.5. The molecular weight excluding hydrogens is 400 g/mol. The fourth-order valence-electron chi connectivity index (χ4n) is 3.63. The van der Waals surface area contributed by atoms with E-state index in [4.69, 9.17) is 4.52 Å². The third kappa shape index (κ3) is 4.23. The molecule has 0 radical (unpaired) electrons. The van der Waals surface area contributed by atoms with Crippen LogP contribution in [0.2, 0.25) is 0 Å². The Kier molecular flexibility index (Phi) is 5.60. The van der Waals surface area contributed by atoms with Crippen molar-refractivity contribution >= 4 is 39.3 Å². The molecule has 3 aromatic rings. The summed E-state index contributed by atoms with van der Waals surface area (Å²) < 4.78 is 5.38. The molecule has 7 nitrogen and oxygen atoms in total. The van der Waals surface area contributed by atoms with Gasteiger partial charge in [-0.1, -0.05) is 30.3 Å². The van der Waals surface area contributed by atoms with Crippen molar-refractivity contribution in [3.8, 4) is 0 Å². The van der Waals surface area contributed by atoms with E-state index in [9.17, 15) is 9.59 Å². The maximum absolute atomic E-state index is 12.6. The number of aromatic nitrogens is 2. The van der Waals surface area contributed by atoms with Gasteiger partial charge in [0.15, 0.2) is 10.7 Å². The Morgan fingerprint density at radius 2 is 2.03 bits per heavy atom. The number of carbonyl (C=O) groups is 2. The van der Waals surface area contributed by atoms with E-state index < -0.39 is 0 Å². The molecule has 30 heavy (non-hydrogen) atoms. The van der Waals surface area contributed by atoms with Crippen molar-refractivity contribution in [1.82, 2.24) is 15.0 Å². The van der Waals surface area contributed by atoms with Gasteiger partial charge >= 0.3 is 0 Å². The molecule has 1 aliphatic heterocycles. The number of hydrogen-bond acceptors (Lipinski definition) is 6. The summed E-state index contributed by atoms with van der Waals surface area (Å²) in [5, 5.41) is 8.41. The van der Waals surface area contributed by atoms with Crippen LogP contribution >= 0.6 is 11.3 Å². The van der Waals surface area contributed by atoms with Gasteiger partial charge in [-0.25, -0.2) is 4.98 Å². The van der Waals surface area contributed by atoms with Crippen LogP contribution in [-0.4, -0.2) is 33.4 Å². The average molecular weight is 427 g/mol. The highest BCUT2D eigenvalue weighted by Crippen LogP contribution is 2.29. The van der Waals surface area contributed by atoms with Crippen LogP contribution in [0.1, 0.15) is 47.7 Å². The number of nitrogens with zero attached hydrogens (tertiary/aromatic N) is 3. The van der Waals surface area contributed by atoms with Crippen LogP contribution in [-0.2, 0) is 29.0 Å². The normalized spacial score (nSPS) is 13.7. The molecule has 1 N–H and O–H groups in total. The number of nitrogens with one attached hydrogen (secondary N) is 1. The second-order valence-electron chi connectivity index (χ2n) is 8.34. The van der Waals surface area contributed by atoms with E-state index in [1.165, 1.54) is 11.3 Å². The lowest BCUT2D eigenvalue weighted by molar-refractivity contribution is -0.132. The van der Waals surface area contributed by atoms with Crippen molar-refractivity contribution in [1.29, 1.82) is 0 Å². The molecule has 3 heterocycles. The molecule has 0 spiro atoms. The van der Waals surface area contributed by atoms with Crippen molar-refractivity contribution in [2.45, 2.75) is 53.5 Å². The zero-order valence-electron chi connectivity index (χ0n) is 17.7. The summed E-state index contributed by atoms with van der Waals surface area (Å²) >= 11 is 1.44. The molecule has 2 amide bonds. The Hall–Kier alpha value is -2.74. The van der Waals surface area contributed by atoms with Crippen molar-refractivity contribution in [3.05, 3.63) is 39.5 Å². The minimum atomic E-state index is -0.178. The van der Waals surface area contributed by atoms with Crippen LogP contribution in [0.3, 0.4) is 0 Å². The summed E-state index contributed by atoms with van der Waals surface area (Å²) in [7, 11) is 0. The highest BCUT2D eigenvalue weighted by Gasteiger charge is 2.25. The Balaban J connectivity index is 1.42. The summed E-state index contributed by atoms with van der Waals surface area (Å²) in [5.74, 6) is 0.343. The van der Waals surface area contributed by atoms with Gasteiger partial charge in [-0.2, -0.15) is 0 Å². The Bertz CT molecular complexity index is 1120. The number of carbonyl (C=O) groups excluding carboxylic acids is 2. The predicted molar refractivity (Wildman–Crippen MR) is 117 cm³/mol. The third-order valence-corrected chi connectivity index (χ3v) is 6.40. The van der Waals surface area contributed by atoms with E-state index in [0.717, 1.165) is 33.5 Å². The largest absolute Gasteiger partial charge is 0.356 e. The molecule has 1 aromatic carbocycles. The van der Waals surface area contributed by atoms with Gasteiger partial charge < -0.3 is 14.7 Å². The van der Waals surface area contributed by atoms with Crippen LogP contribution in [0.15, 0.2) is 16.7 Å². The van der Waals surface area contributed by atoms with E-state index in [0.29, 0.717) is 41.8 Å². The van der Waals surface area contributed by atoms with Crippen LogP contribution in [0.4, 0.5) is 5.13 Å². The minimum absolute atomic E-state index is 0.124. The Morgan fingerprint density at radius 1 is 1.27 bits per heavy atom. The second-order valence-corrected chi connectivity index (χ2v) is 9.42. The molecule has 4 rings (SSSR count). The molecule has 0 atom stereocenters. The van der Waals surface area contributed by atoms with Crippen LogP contribution < -0.4 is 5.32 Å². The molecule has 8 heteroatoms. The zero-order chi connectivity index (χ0) is 21.4. The Morgan fingerprint density at radius 3 is 2.80 bits per heavy atom. The van der Waals surface area contributed by atoms with Gasteiger partial charge in [0.05, 0.1) is 18.7 Å². The maximum Gasteiger partial charge on any atom is 0.232 e. The van der Waals surface area contributed by atoms with Gasteiger partial charge in [0.2, 0.25) is 11.8 Å². The molecular formula is C22H26N4O3S. The van der Waals surface area contributed by atoms with Crippen molar-refractivity contribution in [3.63, 3.8) is 0 Å². The van der Waals surface area contributed by atoms with E-state index in [2.05, 4.69) is 15.5 Å². The number of rotatable bonds is 5. The lowest BCUT2D eigenvalue weighted by atomic mass is 10.1. The summed E-state index contributed by atoms with van der Waals surface area (Å²) in [6.45, 7) is 9.40. The van der Waals surface area contributed by atoms with Gasteiger partial charge in [0.1, 0.15) is 5.69 Å². The maximum atomic E-state index is 12.6. The molecule has 0 saturated heterocycles. The number of thiazole rings is 1. The molecule has 2 aromatic heterocycles. The fourth-order valence-corrected chi connectivity index (χ4v) is 4.67. The number of hydrogen-bond donors (Lipinski definition) is 1. The first-order valence-electron chi connectivity index (χ1n) is 10.2. The van der Waals surface area contributed by atoms with E-state index >= 15 is 0 Å². The lowest BCUT2D eigenvalue weighted by Crippen LogP contribution is -2.36. The van der Waals surface area contributed by atoms with E-state index in [-0.39, 0.29) is 18.2 Å². The van der Waals surface area contributed by atoms with Crippen LogP contribution in [0.25, 0.3) is 11.0 Å². The first-order valence-corrected chi connectivity index (χ1v) is 11.0. The summed E-state index contributed by atoms with van der Waals surface area (Å²) in [6, 6.07) is 3.95. The van der Waals surface area contributed by atoms with E-state index in [1.54, 1.807) is 0 Å². The average Bonchev–Trinajstić information content (AvgIpc) is 3.24. The molecule has 0 aliphatic carbocycles. The summed E-state index contributed by atoms with van der Waals surface area (Å²) in [6.07, 6.45) is 1.40. The Labute approximate surface area is 179 Å². The lowest BCUT2D eigenvalue weighted by Gasteiger charge is -2.26. The van der Waals surface area contributed by atoms with Gasteiger partial charge in [0.25, 0.3) is 0 Å². The second kappa shape index (κ2) is 8.18. The molecule has 0 fully saturated rings. The van der Waals surface area contributed by atoms with Crippen LogP contribution in [0.5, 0.6) is 0 Å². The number of aryl methyl sites for hydroxylation is 2. The highest BCUT2D eigenvalue weighted by molar-refractivity contribution is 7.15. The number of anilines is 1. The standard InChI is InChI=1S/C22H26N4O3S/c1-12(2)7-21(28)26-6-5-16-19(11-26)30-22(23-16)24-20(27)10-17-15-8-13(3)14(4)9-18(15)29-25-17/h8-9,12H,5-7,10-11H2,1-4H3,(H,23,24,27). The SMILES string of the molecule is Cc1cc2onc(CC(=O)Nc3nc4c(s3)CN(C(=O)CC(C)C)CC4)c2cc1C. The molecule has 158 valence electrons. The van der Waals surface area contributed by atoms with Gasteiger partial charge in [-0.15, -0.1) is 0 Å². The summed E-state index contributed by atoms with van der Waals surface area (Å²) in [5.41, 5.74) is 4.55. The first kappa shape index (κ1) is 20.5. The van der Waals surface area contributed by atoms with Crippen molar-refractivity contribution in [2.24, 2.45) is 5.92 Å². The first-order chi connectivity index (χ1) is 14.3. The van der Waals surface area contributed by atoms with E-state index in [1.807, 2.05) is 44.7 Å². The number of fused-ring (bicyclic) bond motifs is 2. The quantitative estimate of drug-likeness (QED) is 0.666. The molecule has 0 saturated carbocycles. The molecule has 0 unspecified atom stereocenters. The zero-order valence-corrected chi connectivity index (χ0v) is 18.6.